The van der Waals surface area contributed by atoms with E-state index in [1.165, 1.54) is 12.1 Å². The Hall–Kier alpha value is -6.09. The molecule has 0 radical (unpaired) electrons. The number of halogens is 1. The third-order valence-corrected chi connectivity index (χ3v) is 10.8. The molecule has 0 unspecified atom stereocenters. The van der Waals surface area contributed by atoms with Gasteiger partial charge in [0.1, 0.15) is 5.82 Å². The number of hydrogen-bond donors (Lipinski definition) is 0. The van der Waals surface area contributed by atoms with Gasteiger partial charge in [0.05, 0.1) is 10.6 Å². The first-order valence-electron chi connectivity index (χ1n) is 16.4. The summed E-state index contributed by atoms with van der Waals surface area (Å²) in [4.78, 5) is 26.7. The molecule has 9 aromatic rings. The van der Waals surface area contributed by atoms with Gasteiger partial charge in [-0.2, -0.15) is 0 Å². The maximum atomic E-state index is 14.0. The molecule has 9 rings (SSSR count). The third-order valence-electron chi connectivity index (χ3n) is 8.54. The molecule has 0 aliphatic rings. The molecule has 0 fully saturated rings. The topological polar surface area (TPSA) is 64.5 Å². The standard InChI is InChI=1S/C43H26FN5S2/c44-31-22-19-27(20-23-31)38-37(50-32-15-8-3-9-16-32)26-45-43(46-38)35-18-10-17-34-33-24-21-30(25-36(33)51-39(34)35)42-48-40(28-11-4-1-5-12-28)47-41(49-42)29-13-6-2-7-14-29/h1-26H. The van der Waals surface area contributed by atoms with Crippen LogP contribution in [0.1, 0.15) is 0 Å². The molecule has 6 aromatic carbocycles. The monoisotopic (exact) mass is 695 g/mol. The summed E-state index contributed by atoms with van der Waals surface area (Å²) in [6, 6.07) is 49.2. The molecule has 0 N–H and O–H groups in total. The maximum Gasteiger partial charge on any atom is 0.164 e. The van der Waals surface area contributed by atoms with Crippen LogP contribution in [0.2, 0.25) is 0 Å². The number of fused-ring (bicyclic) bond motifs is 3. The molecule has 51 heavy (non-hydrogen) atoms. The second kappa shape index (κ2) is 13.3. The lowest BCUT2D eigenvalue weighted by Crippen LogP contribution is -1.99. The summed E-state index contributed by atoms with van der Waals surface area (Å²) in [5.74, 6) is 2.19. The average Bonchev–Trinajstić information content (AvgIpc) is 3.58. The minimum Gasteiger partial charge on any atom is -0.235 e. The number of hydrogen-bond acceptors (Lipinski definition) is 7. The SMILES string of the molecule is Fc1ccc(-c2nc(-c3cccc4c3sc3cc(-c5nc(-c6ccccc6)nc(-c6ccccc6)n5)ccc34)ncc2Sc2ccccc2)cc1. The van der Waals surface area contributed by atoms with Crippen molar-refractivity contribution in [3.8, 4) is 56.8 Å². The molecule has 0 aliphatic heterocycles. The van der Waals surface area contributed by atoms with Gasteiger partial charge in [-0.05, 0) is 48.5 Å². The number of thiophene rings is 1. The molecule has 242 valence electrons. The van der Waals surface area contributed by atoms with E-state index in [1.54, 1.807) is 35.2 Å². The molecule has 5 nitrogen and oxygen atoms in total. The average molecular weight is 696 g/mol. The second-order valence-electron chi connectivity index (χ2n) is 11.9. The molecule has 8 heteroatoms. The van der Waals surface area contributed by atoms with Gasteiger partial charge < -0.3 is 0 Å². The van der Waals surface area contributed by atoms with Crippen LogP contribution in [-0.4, -0.2) is 24.9 Å². The Bertz CT molecular complexity index is 2610. The highest BCUT2D eigenvalue weighted by Crippen LogP contribution is 2.42. The molecule has 0 aliphatic carbocycles. The van der Waals surface area contributed by atoms with E-state index < -0.39 is 0 Å². The zero-order valence-corrected chi connectivity index (χ0v) is 28.6. The van der Waals surface area contributed by atoms with E-state index in [1.807, 2.05) is 85.1 Å². The van der Waals surface area contributed by atoms with Crippen LogP contribution in [0.4, 0.5) is 4.39 Å². The van der Waals surface area contributed by atoms with Gasteiger partial charge in [-0.1, -0.05) is 115 Å². The summed E-state index contributed by atoms with van der Waals surface area (Å²) in [6.45, 7) is 0. The van der Waals surface area contributed by atoms with Gasteiger partial charge in [-0.25, -0.2) is 29.3 Å². The Morgan fingerprint density at radius 1 is 0.490 bits per heavy atom. The minimum atomic E-state index is -0.288. The van der Waals surface area contributed by atoms with Crippen LogP contribution >= 0.6 is 23.1 Å². The van der Waals surface area contributed by atoms with Crippen molar-refractivity contribution in [3.05, 3.63) is 164 Å². The highest BCUT2D eigenvalue weighted by molar-refractivity contribution is 7.99. The molecular weight excluding hydrogens is 670 g/mol. The lowest BCUT2D eigenvalue weighted by molar-refractivity contribution is 0.628. The molecule has 0 saturated carbocycles. The summed E-state index contributed by atoms with van der Waals surface area (Å²) in [5, 5.41) is 2.26. The van der Waals surface area contributed by atoms with E-state index in [0.717, 1.165) is 63.5 Å². The van der Waals surface area contributed by atoms with E-state index >= 15 is 0 Å². The predicted octanol–water partition coefficient (Wildman–Crippen LogP) is 11.7. The third kappa shape index (κ3) is 6.16. The molecule has 0 atom stereocenters. The zero-order valence-electron chi connectivity index (χ0n) is 26.9. The highest BCUT2D eigenvalue weighted by atomic mass is 32.2. The van der Waals surface area contributed by atoms with E-state index in [0.29, 0.717) is 23.3 Å². The van der Waals surface area contributed by atoms with Crippen molar-refractivity contribution in [3.63, 3.8) is 0 Å². The smallest absolute Gasteiger partial charge is 0.164 e. The van der Waals surface area contributed by atoms with Crippen molar-refractivity contribution in [2.45, 2.75) is 9.79 Å². The van der Waals surface area contributed by atoms with Gasteiger partial charge in [0, 0.05) is 59.1 Å². The fourth-order valence-corrected chi connectivity index (χ4v) is 8.22. The number of nitrogens with zero attached hydrogens (tertiary/aromatic N) is 5. The lowest BCUT2D eigenvalue weighted by Gasteiger charge is -2.11. The lowest BCUT2D eigenvalue weighted by atomic mass is 10.1. The predicted molar refractivity (Wildman–Crippen MR) is 206 cm³/mol. The van der Waals surface area contributed by atoms with Crippen LogP contribution in [0.15, 0.2) is 168 Å². The Kier molecular flexibility index (Phi) is 8.08. The van der Waals surface area contributed by atoms with Gasteiger partial charge in [0.15, 0.2) is 23.3 Å². The molecule has 3 aromatic heterocycles. The van der Waals surface area contributed by atoms with Gasteiger partial charge >= 0.3 is 0 Å². The molecule has 0 spiro atoms. The fraction of sp³-hybridized carbons (Fsp3) is 0. The molecular formula is C43H26FN5S2. The van der Waals surface area contributed by atoms with Crippen LogP contribution in [0.3, 0.4) is 0 Å². The zero-order chi connectivity index (χ0) is 34.1. The van der Waals surface area contributed by atoms with Crippen LogP contribution in [0.25, 0.3) is 77.0 Å². The van der Waals surface area contributed by atoms with E-state index in [2.05, 4.69) is 48.5 Å². The van der Waals surface area contributed by atoms with Crippen LogP contribution in [0, 0.1) is 5.82 Å². The van der Waals surface area contributed by atoms with Crippen molar-refractivity contribution >= 4 is 43.3 Å². The van der Waals surface area contributed by atoms with Gasteiger partial charge in [-0.3, -0.25) is 0 Å². The first-order valence-corrected chi connectivity index (χ1v) is 18.0. The number of rotatable bonds is 7. The van der Waals surface area contributed by atoms with Gasteiger partial charge in [0.25, 0.3) is 0 Å². The normalized spacial score (nSPS) is 11.3. The first kappa shape index (κ1) is 30.9. The minimum absolute atomic E-state index is 0.288. The maximum absolute atomic E-state index is 14.0. The second-order valence-corrected chi connectivity index (χ2v) is 14.0. The number of benzene rings is 6. The Morgan fingerprint density at radius 3 is 1.76 bits per heavy atom. The summed E-state index contributed by atoms with van der Waals surface area (Å²) in [6.07, 6.45) is 1.87. The van der Waals surface area contributed by atoms with Crippen molar-refractivity contribution in [2.24, 2.45) is 0 Å². The Morgan fingerprint density at radius 2 is 1.10 bits per heavy atom. The molecule has 0 saturated heterocycles. The molecule has 0 bridgehead atoms. The largest absolute Gasteiger partial charge is 0.235 e. The first-order chi connectivity index (χ1) is 25.2. The Labute approximate surface area is 301 Å². The molecule has 3 heterocycles. The summed E-state index contributed by atoms with van der Waals surface area (Å²) < 4.78 is 16.1. The van der Waals surface area contributed by atoms with Crippen molar-refractivity contribution in [2.75, 3.05) is 0 Å². The van der Waals surface area contributed by atoms with Crippen molar-refractivity contribution < 1.29 is 4.39 Å². The van der Waals surface area contributed by atoms with Crippen molar-refractivity contribution in [1.82, 2.24) is 24.9 Å². The van der Waals surface area contributed by atoms with E-state index in [4.69, 9.17) is 24.9 Å². The van der Waals surface area contributed by atoms with Gasteiger partial charge in [0.2, 0.25) is 0 Å². The highest BCUT2D eigenvalue weighted by Gasteiger charge is 2.18. The van der Waals surface area contributed by atoms with Crippen LogP contribution in [-0.2, 0) is 0 Å². The van der Waals surface area contributed by atoms with Crippen LogP contribution in [0.5, 0.6) is 0 Å². The fourth-order valence-electron chi connectivity index (χ4n) is 6.06. The summed E-state index contributed by atoms with van der Waals surface area (Å²) >= 11 is 3.29. The molecule has 0 amide bonds. The summed E-state index contributed by atoms with van der Waals surface area (Å²) in [7, 11) is 0. The quantitative estimate of drug-likeness (QED) is 0.165. The van der Waals surface area contributed by atoms with Crippen LogP contribution < -0.4 is 0 Å². The summed E-state index contributed by atoms with van der Waals surface area (Å²) in [5.41, 5.74) is 5.29. The van der Waals surface area contributed by atoms with E-state index in [9.17, 15) is 4.39 Å². The van der Waals surface area contributed by atoms with E-state index in [-0.39, 0.29) is 5.82 Å². The number of aromatic nitrogens is 5. The van der Waals surface area contributed by atoms with Gasteiger partial charge in [-0.15, -0.1) is 11.3 Å². The Balaban J connectivity index is 1.16. The van der Waals surface area contributed by atoms with Crippen molar-refractivity contribution in [1.29, 1.82) is 0 Å².